The van der Waals surface area contributed by atoms with Crippen molar-refractivity contribution >= 4 is 27.5 Å². The van der Waals surface area contributed by atoms with Gasteiger partial charge in [-0.2, -0.15) is 0 Å². The molecule has 0 bridgehead atoms. The molecule has 1 aliphatic carbocycles. The largest absolute Gasteiger partial charge is 0.370 e. The highest BCUT2D eigenvalue weighted by molar-refractivity contribution is 9.09. The van der Waals surface area contributed by atoms with Crippen LogP contribution in [-0.2, 0) is 4.74 Å². The summed E-state index contributed by atoms with van der Waals surface area (Å²) in [7, 11) is 0. The Balaban J connectivity index is 2.60. The Labute approximate surface area is 113 Å². The van der Waals surface area contributed by atoms with E-state index >= 15 is 0 Å². The molecule has 1 aliphatic rings. The molecule has 3 heteroatoms. The molecule has 0 aromatic rings. The lowest BCUT2D eigenvalue weighted by Crippen LogP contribution is -2.42. The summed E-state index contributed by atoms with van der Waals surface area (Å²) in [6.45, 7) is 9.08. The summed E-state index contributed by atoms with van der Waals surface area (Å²) >= 11 is 9.47. The Morgan fingerprint density at radius 1 is 1.44 bits per heavy atom. The van der Waals surface area contributed by atoms with Crippen molar-refractivity contribution in [3.63, 3.8) is 0 Å². The van der Waals surface area contributed by atoms with Gasteiger partial charge in [0.15, 0.2) is 0 Å². The molecule has 0 heterocycles. The molecule has 0 N–H and O–H groups in total. The zero-order valence-electron chi connectivity index (χ0n) is 10.9. The number of hydrogen-bond donors (Lipinski definition) is 0. The molecule has 0 aliphatic heterocycles. The predicted octanol–water partition coefficient (Wildman–Crippen LogP) is 4.61. The maximum atomic E-state index is 6.20. The van der Waals surface area contributed by atoms with Crippen molar-refractivity contribution in [2.45, 2.75) is 58.7 Å². The summed E-state index contributed by atoms with van der Waals surface area (Å²) in [5.41, 5.74) is 0.182. The number of halogens is 2. The van der Waals surface area contributed by atoms with Gasteiger partial charge in [-0.15, -0.1) is 11.6 Å². The van der Waals surface area contributed by atoms with Crippen LogP contribution in [0.4, 0.5) is 0 Å². The molecule has 96 valence electrons. The second-order valence-electron chi connectivity index (χ2n) is 6.37. The van der Waals surface area contributed by atoms with Crippen LogP contribution in [0.15, 0.2) is 0 Å². The first-order chi connectivity index (χ1) is 7.30. The Morgan fingerprint density at radius 3 is 2.50 bits per heavy atom. The molecule has 1 fully saturated rings. The fourth-order valence-electron chi connectivity index (χ4n) is 2.85. The smallest absolute Gasteiger partial charge is 0.0889 e. The Morgan fingerprint density at radius 2 is 2.06 bits per heavy atom. The van der Waals surface area contributed by atoms with Gasteiger partial charge in [0.05, 0.1) is 17.6 Å². The molecule has 0 amide bonds. The minimum atomic E-state index is -0.223. The van der Waals surface area contributed by atoms with Gasteiger partial charge in [-0.05, 0) is 37.5 Å². The zero-order valence-corrected chi connectivity index (χ0v) is 13.2. The zero-order chi connectivity index (χ0) is 12.4. The van der Waals surface area contributed by atoms with Gasteiger partial charge in [0.2, 0.25) is 0 Å². The lowest BCUT2D eigenvalue weighted by atomic mass is 9.71. The number of ether oxygens (including phenoxy) is 1. The van der Waals surface area contributed by atoms with Crippen LogP contribution in [0.2, 0.25) is 0 Å². The topological polar surface area (TPSA) is 9.23 Å². The van der Waals surface area contributed by atoms with Crippen molar-refractivity contribution < 1.29 is 4.74 Å². The van der Waals surface area contributed by atoms with Gasteiger partial charge in [-0.25, -0.2) is 0 Å². The van der Waals surface area contributed by atoms with E-state index in [0.29, 0.717) is 17.4 Å². The van der Waals surface area contributed by atoms with Crippen LogP contribution in [0.25, 0.3) is 0 Å². The maximum Gasteiger partial charge on any atom is 0.0889 e. The average molecular weight is 312 g/mol. The first-order valence-electron chi connectivity index (χ1n) is 6.10. The molecule has 16 heavy (non-hydrogen) atoms. The van der Waals surface area contributed by atoms with E-state index < -0.39 is 0 Å². The lowest BCUT2D eigenvalue weighted by molar-refractivity contribution is -0.0957. The summed E-state index contributed by atoms with van der Waals surface area (Å²) in [6.07, 6.45) is 3.98. The van der Waals surface area contributed by atoms with Crippen molar-refractivity contribution in [3.8, 4) is 0 Å². The van der Waals surface area contributed by atoms with E-state index in [9.17, 15) is 0 Å². The molecular weight excluding hydrogens is 287 g/mol. The molecule has 1 rings (SSSR count). The van der Waals surface area contributed by atoms with E-state index in [4.69, 9.17) is 16.3 Å². The predicted molar refractivity (Wildman–Crippen MR) is 74.6 cm³/mol. The molecule has 1 nitrogen and oxygen atoms in total. The monoisotopic (exact) mass is 310 g/mol. The Kier molecular flexibility index (Phi) is 5.16. The van der Waals surface area contributed by atoms with Gasteiger partial charge in [0.1, 0.15) is 0 Å². The molecule has 0 saturated heterocycles. The second-order valence-corrected chi connectivity index (χ2v) is 7.20. The fraction of sp³-hybridized carbons (Fsp3) is 1.00. The van der Waals surface area contributed by atoms with E-state index in [2.05, 4.69) is 43.6 Å². The molecule has 3 atom stereocenters. The summed E-state index contributed by atoms with van der Waals surface area (Å²) in [6, 6.07) is 0. The first-order valence-corrected chi connectivity index (χ1v) is 7.75. The van der Waals surface area contributed by atoms with Crippen LogP contribution in [0, 0.1) is 11.3 Å². The highest BCUT2D eigenvalue weighted by Crippen LogP contribution is 2.41. The van der Waals surface area contributed by atoms with E-state index in [-0.39, 0.29) is 5.60 Å². The van der Waals surface area contributed by atoms with Gasteiger partial charge in [0, 0.05) is 5.33 Å². The van der Waals surface area contributed by atoms with Crippen LogP contribution in [0.3, 0.4) is 0 Å². The normalized spacial score (nSPS) is 33.4. The molecule has 0 spiro atoms. The van der Waals surface area contributed by atoms with Crippen molar-refractivity contribution in [2.24, 2.45) is 11.3 Å². The fourth-order valence-corrected chi connectivity index (χ4v) is 3.57. The SMILES string of the molecule is CC1CC(OC(C)(CCl)CBr)CC(C)(C)C1. The summed E-state index contributed by atoms with van der Waals surface area (Å²) in [5, 5.41) is 0.800. The maximum absolute atomic E-state index is 6.20. The minimum Gasteiger partial charge on any atom is -0.370 e. The van der Waals surface area contributed by atoms with Gasteiger partial charge in [-0.1, -0.05) is 36.7 Å². The van der Waals surface area contributed by atoms with Gasteiger partial charge in [-0.3, -0.25) is 0 Å². The second kappa shape index (κ2) is 5.58. The molecule has 0 radical (unpaired) electrons. The van der Waals surface area contributed by atoms with E-state index in [1.807, 2.05) is 0 Å². The molecule has 0 aromatic carbocycles. The van der Waals surface area contributed by atoms with Gasteiger partial charge < -0.3 is 4.74 Å². The standard InChI is InChI=1S/C13H24BrClO/c1-10-5-11(7-12(2,3)6-10)16-13(4,8-14)9-15/h10-11H,5-9H2,1-4H3. The van der Waals surface area contributed by atoms with Gasteiger partial charge in [0.25, 0.3) is 0 Å². The number of alkyl halides is 2. The third-order valence-corrected chi connectivity index (χ3v) is 5.11. The highest BCUT2D eigenvalue weighted by Gasteiger charge is 2.36. The number of rotatable bonds is 4. The van der Waals surface area contributed by atoms with E-state index in [0.717, 1.165) is 17.7 Å². The van der Waals surface area contributed by atoms with Crippen LogP contribution in [-0.4, -0.2) is 22.9 Å². The number of hydrogen-bond acceptors (Lipinski definition) is 1. The van der Waals surface area contributed by atoms with Crippen LogP contribution >= 0.6 is 27.5 Å². The molecule has 1 saturated carbocycles. The summed E-state index contributed by atoms with van der Waals surface area (Å²) in [5.74, 6) is 1.30. The quantitative estimate of drug-likeness (QED) is 0.689. The van der Waals surface area contributed by atoms with E-state index in [1.165, 1.54) is 12.8 Å². The molecular formula is C13H24BrClO. The Bertz CT molecular complexity index is 226. The average Bonchev–Trinajstić information content (AvgIpc) is 2.14. The van der Waals surface area contributed by atoms with Crippen molar-refractivity contribution in [3.05, 3.63) is 0 Å². The van der Waals surface area contributed by atoms with Crippen LogP contribution in [0.1, 0.15) is 47.0 Å². The van der Waals surface area contributed by atoms with Crippen molar-refractivity contribution in [1.29, 1.82) is 0 Å². The molecule has 0 aromatic heterocycles. The lowest BCUT2D eigenvalue weighted by Gasteiger charge is -2.42. The van der Waals surface area contributed by atoms with Crippen LogP contribution in [0.5, 0.6) is 0 Å². The van der Waals surface area contributed by atoms with Crippen LogP contribution < -0.4 is 0 Å². The Hall–Kier alpha value is 0.730. The van der Waals surface area contributed by atoms with Crippen molar-refractivity contribution in [1.82, 2.24) is 0 Å². The van der Waals surface area contributed by atoms with Crippen molar-refractivity contribution in [2.75, 3.05) is 11.2 Å². The van der Waals surface area contributed by atoms with E-state index in [1.54, 1.807) is 0 Å². The third kappa shape index (κ3) is 4.19. The summed E-state index contributed by atoms with van der Waals surface area (Å²) in [4.78, 5) is 0. The minimum absolute atomic E-state index is 0.223. The first kappa shape index (κ1) is 14.8. The van der Waals surface area contributed by atoms with Gasteiger partial charge >= 0.3 is 0 Å². The summed E-state index contributed by atoms with van der Waals surface area (Å²) < 4.78 is 6.20. The molecule has 3 unspecified atom stereocenters. The third-order valence-electron chi connectivity index (χ3n) is 3.36. The highest BCUT2D eigenvalue weighted by atomic mass is 79.9.